The summed E-state index contributed by atoms with van der Waals surface area (Å²) in [5, 5.41) is 8.81. The molecule has 2 aliphatic heterocycles. The van der Waals surface area contributed by atoms with Crippen molar-refractivity contribution in [3.63, 3.8) is 0 Å². The lowest BCUT2D eigenvalue weighted by atomic mass is 10.1. The normalized spacial score (nSPS) is 14.8. The molecule has 2 aliphatic rings. The molecule has 33 heavy (non-hydrogen) atoms. The van der Waals surface area contributed by atoms with Crippen molar-refractivity contribution in [2.45, 2.75) is 0 Å². The van der Waals surface area contributed by atoms with E-state index in [0.717, 1.165) is 22.8 Å². The monoisotopic (exact) mass is 448 g/mol. The molecule has 1 fully saturated rings. The van der Waals surface area contributed by atoms with Crippen LogP contribution in [0.1, 0.15) is 10.4 Å². The molecule has 0 unspecified atom stereocenters. The summed E-state index contributed by atoms with van der Waals surface area (Å²) in [5.74, 6) is 3.38. The van der Waals surface area contributed by atoms with Crippen molar-refractivity contribution in [1.29, 1.82) is 0 Å². The summed E-state index contributed by atoms with van der Waals surface area (Å²) >= 11 is 0. The number of carbonyl (C=O) groups excluding carboxylic acids is 1. The largest absolute Gasteiger partial charge is 0.497 e. The number of piperazine rings is 1. The van der Waals surface area contributed by atoms with Crippen molar-refractivity contribution in [3.05, 3.63) is 54.1 Å². The molecule has 170 valence electrons. The van der Waals surface area contributed by atoms with E-state index in [1.165, 1.54) is 0 Å². The Morgan fingerprint density at radius 2 is 1.58 bits per heavy atom. The van der Waals surface area contributed by atoms with Gasteiger partial charge in [-0.15, -0.1) is 10.2 Å². The number of benzene rings is 2. The van der Waals surface area contributed by atoms with E-state index in [4.69, 9.17) is 18.9 Å². The molecule has 1 aromatic heterocycles. The van der Waals surface area contributed by atoms with E-state index < -0.39 is 0 Å². The van der Waals surface area contributed by atoms with E-state index in [1.807, 2.05) is 35.2 Å². The number of nitrogens with zero attached hydrogens (tertiary/aromatic N) is 4. The van der Waals surface area contributed by atoms with Crippen LogP contribution < -0.4 is 23.8 Å². The summed E-state index contributed by atoms with van der Waals surface area (Å²) in [7, 11) is 3.14. The van der Waals surface area contributed by atoms with Crippen LogP contribution in [0.5, 0.6) is 23.0 Å². The molecule has 5 rings (SSSR count). The summed E-state index contributed by atoms with van der Waals surface area (Å²) in [6.45, 7) is 2.76. The molecule has 0 radical (unpaired) electrons. The number of aromatic nitrogens is 2. The molecule has 0 aliphatic carbocycles. The summed E-state index contributed by atoms with van der Waals surface area (Å²) in [6, 6.07) is 14.8. The van der Waals surface area contributed by atoms with Crippen LogP contribution in [0, 0.1) is 0 Å². The van der Waals surface area contributed by atoms with Gasteiger partial charge < -0.3 is 28.7 Å². The van der Waals surface area contributed by atoms with Gasteiger partial charge in [0.25, 0.3) is 5.91 Å². The Morgan fingerprint density at radius 1 is 0.848 bits per heavy atom. The standard InChI is InChI=1S/C24H24N4O5/c1-30-18-11-17(12-19(14-18)31-2)24(29)28-9-7-27(8-10-28)23-6-4-20(25-26-23)16-3-5-21-22(13-16)33-15-32-21/h3-6,11-14H,7-10,15H2,1-2H3. The third-order valence-corrected chi connectivity index (χ3v) is 5.81. The zero-order chi connectivity index (χ0) is 22.8. The van der Waals surface area contributed by atoms with E-state index in [1.54, 1.807) is 32.4 Å². The van der Waals surface area contributed by atoms with Crippen molar-refractivity contribution in [2.75, 3.05) is 52.1 Å². The Bertz CT molecular complexity index is 1140. The minimum Gasteiger partial charge on any atom is -0.497 e. The van der Waals surface area contributed by atoms with Crippen LogP contribution in [0.2, 0.25) is 0 Å². The lowest BCUT2D eigenvalue weighted by Crippen LogP contribution is -2.49. The number of carbonyl (C=O) groups is 1. The van der Waals surface area contributed by atoms with Gasteiger partial charge in [-0.3, -0.25) is 4.79 Å². The zero-order valence-corrected chi connectivity index (χ0v) is 18.5. The summed E-state index contributed by atoms with van der Waals surface area (Å²) in [5.41, 5.74) is 2.23. The highest BCUT2D eigenvalue weighted by Gasteiger charge is 2.24. The van der Waals surface area contributed by atoms with Crippen LogP contribution in [0.3, 0.4) is 0 Å². The second-order valence-corrected chi connectivity index (χ2v) is 7.73. The molecule has 0 saturated carbocycles. The zero-order valence-electron chi connectivity index (χ0n) is 18.5. The number of fused-ring (bicyclic) bond motifs is 1. The first-order valence-corrected chi connectivity index (χ1v) is 10.7. The Hall–Kier alpha value is -4.01. The van der Waals surface area contributed by atoms with E-state index in [9.17, 15) is 4.79 Å². The third-order valence-electron chi connectivity index (χ3n) is 5.81. The number of ether oxygens (including phenoxy) is 4. The number of hydrogen-bond acceptors (Lipinski definition) is 8. The Morgan fingerprint density at radius 3 is 2.24 bits per heavy atom. The van der Waals surface area contributed by atoms with E-state index in [-0.39, 0.29) is 12.7 Å². The van der Waals surface area contributed by atoms with E-state index in [2.05, 4.69) is 15.1 Å². The summed E-state index contributed by atoms with van der Waals surface area (Å²) < 4.78 is 21.4. The van der Waals surface area contributed by atoms with Crippen LogP contribution in [-0.4, -0.2) is 68.2 Å². The molecular weight excluding hydrogens is 424 g/mol. The van der Waals surface area contributed by atoms with Gasteiger partial charge in [-0.05, 0) is 42.5 Å². The highest BCUT2D eigenvalue weighted by atomic mass is 16.7. The first kappa shape index (κ1) is 20.9. The minimum atomic E-state index is -0.0453. The lowest BCUT2D eigenvalue weighted by Gasteiger charge is -2.35. The van der Waals surface area contributed by atoms with Crippen molar-refractivity contribution in [3.8, 4) is 34.3 Å². The van der Waals surface area contributed by atoms with Gasteiger partial charge in [0.15, 0.2) is 17.3 Å². The molecule has 1 saturated heterocycles. The fourth-order valence-electron chi connectivity index (χ4n) is 3.96. The molecule has 9 nitrogen and oxygen atoms in total. The average molecular weight is 448 g/mol. The van der Waals surface area contributed by atoms with Gasteiger partial charge in [0.05, 0.1) is 19.9 Å². The van der Waals surface area contributed by atoms with Gasteiger partial charge in [0, 0.05) is 43.4 Å². The first-order chi connectivity index (χ1) is 16.1. The smallest absolute Gasteiger partial charge is 0.254 e. The molecule has 9 heteroatoms. The van der Waals surface area contributed by atoms with Gasteiger partial charge in [-0.25, -0.2) is 0 Å². The van der Waals surface area contributed by atoms with Gasteiger partial charge in [-0.1, -0.05) is 0 Å². The van der Waals surface area contributed by atoms with Gasteiger partial charge in [0.1, 0.15) is 11.5 Å². The Balaban J connectivity index is 1.23. The van der Waals surface area contributed by atoms with Crippen molar-refractivity contribution in [2.24, 2.45) is 0 Å². The topological polar surface area (TPSA) is 86.3 Å². The van der Waals surface area contributed by atoms with Gasteiger partial charge in [-0.2, -0.15) is 0 Å². The van der Waals surface area contributed by atoms with Crippen molar-refractivity contribution < 1.29 is 23.7 Å². The number of hydrogen-bond donors (Lipinski definition) is 0. The lowest BCUT2D eigenvalue weighted by molar-refractivity contribution is 0.0745. The fourth-order valence-corrected chi connectivity index (χ4v) is 3.96. The number of methoxy groups -OCH3 is 2. The Labute approximate surface area is 191 Å². The molecular formula is C24H24N4O5. The molecule has 0 atom stereocenters. The predicted octanol–water partition coefficient (Wildman–Crippen LogP) is 2.85. The second kappa shape index (κ2) is 8.85. The molecule has 2 aromatic carbocycles. The molecule has 0 N–H and O–H groups in total. The highest BCUT2D eigenvalue weighted by molar-refractivity contribution is 5.95. The van der Waals surface area contributed by atoms with E-state index in [0.29, 0.717) is 49.0 Å². The van der Waals surface area contributed by atoms with Crippen LogP contribution >= 0.6 is 0 Å². The predicted molar refractivity (Wildman–Crippen MR) is 121 cm³/mol. The fraction of sp³-hybridized carbons (Fsp3) is 0.292. The maximum absolute atomic E-state index is 13.0. The van der Waals surface area contributed by atoms with Crippen LogP contribution in [0.4, 0.5) is 5.82 Å². The number of amides is 1. The maximum atomic E-state index is 13.0. The van der Waals surface area contributed by atoms with Crippen molar-refractivity contribution >= 4 is 11.7 Å². The SMILES string of the molecule is COc1cc(OC)cc(C(=O)N2CCN(c3ccc(-c4ccc5c(c4)OCO5)nn3)CC2)c1. The van der Waals surface area contributed by atoms with Crippen LogP contribution in [0.25, 0.3) is 11.3 Å². The van der Waals surface area contributed by atoms with Crippen LogP contribution in [0.15, 0.2) is 48.5 Å². The number of rotatable bonds is 5. The Kier molecular flexibility index (Phi) is 5.60. The molecule has 3 aromatic rings. The molecule has 1 amide bonds. The first-order valence-electron chi connectivity index (χ1n) is 10.7. The maximum Gasteiger partial charge on any atom is 0.254 e. The highest BCUT2D eigenvalue weighted by Crippen LogP contribution is 2.35. The van der Waals surface area contributed by atoms with Gasteiger partial charge in [0.2, 0.25) is 6.79 Å². The summed E-state index contributed by atoms with van der Waals surface area (Å²) in [6.07, 6.45) is 0. The molecule has 3 heterocycles. The number of anilines is 1. The minimum absolute atomic E-state index is 0.0453. The summed E-state index contributed by atoms with van der Waals surface area (Å²) in [4.78, 5) is 17.0. The molecule has 0 spiro atoms. The molecule has 0 bridgehead atoms. The van der Waals surface area contributed by atoms with Crippen LogP contribution in [-0.2, 0) is 0 Å². The van der Waals surface area contributed by atoms with Crippen molar-refractivity contribution in [1.82, 2.24) is 15.1 Å². The average Bonchev–Trinajstić information content (AvgIpc) is 3.36. The second-order valence-electron chi connectivity index (χ2n) is 7.73. The quantitative estimate of drug-likeness (QED) is 0.589. The van der Waals surface area contributed by atoms with E-state index >= 15 is 0 Å². The third kappa shape index (κ3) is 4.21. The van der Waals surface area contributed by atoms with Gasteiger partial charge >= 0.3 is 0 Å².